The highest BCUT2D eigenvalue weighted by Gasteiger charge is 2.20. The molecule has 0 spiro atoms. The first-order valence-corrected chi connectivity index (χ1v) is 7.34. The molecule has 0 aliphatic rings. The molecule has 1 amide bonds. The Kier molecular flexibility index (Phi) is 5.78. The third-order valence-corrected chi connectivity index (χ3v) is 3.33. The van der Waals surface area contributed by atoms with Crippen molar-refractivity contribution in [2.24, 2.45) is 0 Å². The second-order valence-electron chi connectivity index (χ2n) is 4.97. The molecule has 24 heavy (non-hydrogen) atoms. The smallest absolute Gasteiger partial charge is 0.338 e. The maximum atomic E-state index is 12.3. The monoisotopic (exact) mass is 329 g/mol. The maximum absolute atomic E-state index is 12.3. The van der Waals surface area contributed by atoms with E-state index >= 15 is 0 Å². The third kappa shape index (κ3) is 4.25. The maximum Gasteiger partial charge on any atom is 0.338 e. The normalized spacial score (nSPS) is 11.3. The van der Waals surface area contributed by atoms with E-state index in [0.717, 1.165) is 0 Å². The Bertz CT molecular complexity index is 715. The molecule has 6 nitrogen and oxygen atoms in total. The van der Waals surface area contributed by atoms with Gasteiger partial charge in [-0.1, -0.05) is 18.2 Å². The molecule has 1 N–H and O–H groups in total. The van der Waals surface area contributed by atoms with Crippen molar-refractivity contribution in [3.05, 3.63) is 54.1 Å². The minimum atomic E-state index is -0.964. The van der Waals surface area contributed by atoms with Gasteiger partial charge in [0.1, 0.15) is 11.5 Å². The molecule has 0 saturated carbocycles. The minimum Gasteiger partial charge on any atom is -0.497 e. The number of rotatable bonds is 6. The second kappa shape index (κ2) is 8.01. The average Bonchev–Trinajstić information content (AvgIpc) is 2.62. The van der Waals surface area contributed by atoms with Crippen LogP contribution in [0.15, 0.2) is 48.5 Å². The molecule has 2 aromatic rings. The standard InChI is InChI=1S/C18H19NO5/c1-12(24-18(21)13-7-5-4-6-8-13)17(20)19-15-11-14(22-2)9-10-16(15)23-3/h4-12H,1-3H3,(H,19,20). The van der Waals surface area contributed by atoms with E-state index in [-0.39, 0.29) is 0 Å². The predicted molar refractivity (Wildman–Crippen MR) is 89.5 cm³/mol. The molecule has 0 aliphatic heterocycles. The van der Waals surface area contributed by atoms with E-state index in [1.54, 1.807) is 48.5 Å². The summed E-state index contributed by atoms with van der Waals surface area (Å²) in [6, 6.07) is 13.5. The van der Waals surface area contributed by atoms with Gasteiger partial charge in [-0.2, -0.15) is 0 Å². The van der Waals surface area contributed by atoms with E-state index in [0.29, 0.717) is 22.7 Å². The molecular formula is C18H19NO5. The van der Waals surface area contributed by atoms with Gasteiger partial charge in [-0.25, -0.2) is 4.79 Å². The van der Waals surface area contributed by atoms with Crippen molar-refractivity contribution in [1.82, 2.24) is 0 Å². The van der Waals surface area contributed by atoms with Gasteiger partial charge in [0.2, 0.25) is 0 Å². The van der Waals surface area contributed by atoms with Crippen LogP contribution in [0, 0.1) is 0 Å². The van der Waals surface area contributed by atoms with Gasteiger partial charge < -0.3 is 19.5 Å². The van der Waals surface area contributed by atoms with Crippen molar-refractivity contribution in [2.75, 3.05) is 19.5 Å². The van der Waals surface area contributed by atoms with Gasteiger partial charge in [0.05, 0.1) is 25.5 Å². The first kappa shape index (κ1) is 17.3. The number of benzene rings is 2. The summed E-state index contributed by atoms with van der Waals surface area (Å²) in [6.07, 6.45) is -0.964. The summed E-state index contributed by atoms with van der Waals surface area (Å²) >= 11 is 0. The number of carbonyl (C=O) groups is 2. The Balaban J connectivity index is 2.05. The van der Waals surface area contributed by atoms with Gasteiger partial charge >= 0.3 is 5.97 Å². The summed E-state index contributed by atoms with van der Waals surface area (Å²) in [7, 11) is 3.02. The Morgan fingerprint density at radius 2 is 1.71 bits per heavy atom. The fourth-order valence-electron chi connectivity index (χ4n) is 2.00. The topological polar surface area (TPSA) is 73.9 Å². The molecule has 2 rings (SSSR count). The lowest BCUT2D eigenvalue weighted by molar-refractivity contribution is -0.123. The molecule has 0 aromatic heterocycles. The number of esters is 1. The Morgan fingerprint density at radius 1 is 1.00 bits per heavy atom. The molecule has 0 radical (unpaired) electrons. The van der Waals surface area contributed by atoms with Gasteiger partial charge in [-0.3, -0.25) is 4.79 Å². The van der Waals surface area contributed by atoms with Crippen LogP contribution in [-0.4, -0.2) is 32.2 Å². The summed E-state index contributed by atoms with van der Waals surface area (Å²) in [6.45, 7) is 1.50. The number of methoxy groups -OCH3 is 2. The number of nitrogens with one attached hydrogen (secondary N) is 1. The SMILES string of the molecule is COc1ccc(OC)c(NC(=O)C(C)OC(=O)c2ccccc2)c1. The molecule has 2 aromatic carbocycles. The molecule has 126 valence electrons. The van der Waals surface area contributed by atoms with Crippen LogP contribution >= 0.6 is 0 Å². The van der Waals surface area contributed by atoms with E-state index in [4.69, 9.17) is 14.2 Å². The Hall–Kier alpha value is -3.02. The number of hydrogen-bond donors (Lipinski definition) is 1. The Labute approximate surface area is 140 Å². The van der Waals surface area contributed by atoms with Gasteiger partial charge in [0.25, 0.3) is 5.91 Å². The summed E-state index contributed by atoms with van der Waals surface area (Å²) < 4.78 is 15.5. The summed E-state index contributed by atoms with van der Waals surface area (Å²) in [4.78, 5) is 24.3. The van der Waals surface area contributed by atoms with Crippen LogP contribution in [0.25, 0.3) is 0 Å². The van der Waals surface area contributed by atoms with Crippen LogP contribution < -0.4 is 14.8 Å². The van der Waals surface area contributed by atoms with Gasteiger partial charge in [-0.15, -0.1) is 0 Å². The highest BCUT2D eigenvalue weighted by Crippen LogP contribution is 2.29. The van der Waals surface area contributed by atoms with Crippen LogP contribution in [0.4, 0.5) is 5.69 Å². The van der Waals surface area contributed by atoms with Crippen molar-refractivity contribution >= 4 is 17.6 Å². The molecule has 0 fully saturated rings. The van der Waals surface area contributed by atoms with Crippen LogP contribution in [0.3, 0.4) is 0 Å². The minimum absolute atomic E-state index is 0.385. The van der Waals surface area contributed by atoms with Gasteiger partial charge in [0.15, 0.2) is 6.10 Å². The van der Waals surface area contributed by atoms with Gasteiger partial charge in [0, 0.05) is 6.07 Å². The van der Waals surface area contributed by atoms with E-state index in [1.807, 2.05) is 0 Å². The summed E-state index contributed by atoms with van der Waals surface area (Å²) in [5.74, 6) is 0.0208. The van der Waals surface area contributed by atoms with E-state index in [2.05, 4.69) is 5.32 Å². The number of carbonyl (C=O) groups excluding carboxylic acids is 2. The zero-order valence-electron chi connectivity index (χ0n) is 13.7. The Morgan fingerprint density at radius 3 is 2.33 bits per heavy atom. The molecule has 0 bridgehead atoms. The van der Waals surface area contributed by atoms with Crippen LogP contribution in [-0.2, 0) is 9.53 Å². The van der Waals surface area contributed by atoms with Crippen molar-refractivity contribution in [2.45, 2.75) is 13.0 Å². The second-order valence-corrected chi connectivity index (χ2v) is 4.97. The highest BCUT2D eigenvalue weighted by atomic mass is 16.5. The summed E-state index contributed by atoms with van der Waals surface area (Å²) in [5, 5.41) is 2.67. The molecule has 6 heteroatoms. The quantitative estimate of drug-likeness (QED) is 0.825. The fraction of sp³-hybridized carbons (Fsp3) is 0.222. The van der Waals surface area contributed by atoms with Crippen molar-refractivity contribution in [3.8, 4) is 11.5 Å². The van der Waals surface area contributed by atoms with Crippen molar-refractivity contribution in [1.29, 1.82) is 0 Å². The van der Waals surface area contributed by atoms with Crippen molar-refractivity contribution in [3.63, 3.8) is 0 Å². The lowest BCUT2D eigenvalue weighted by Crippen LogP contribution is -2.30. The van der Waals surface area contributed by atoms with E-state index in [9.17, 15) is 9.59 Å². The predicted octanol–water partition coefficient (Wildman–Crippen LogP) is 2.89. The third-order valence-electron chi connectivity index (χ3n) is 3.33. The molecule has 0 heterocycles. The molecule has 1 unspecified atom stereocenters. The summed E-state index contributed by atoms with van der Waals surface area (Å²) in [5.41, 5.74) is 0.820. The van der Waals surface area contributed by atoms with E-state index in [1.165, 1.54) is 21.1 Å². The van der Waals surface area contributed by atoms with Crippen molar-refractivity contribution < 1.29 is 23.8 Å². The number of amides is 1. The first-order valence-electron chi connectivity index (χ1n) is 7.34. The number of ether oxygens (including phenoxy) is 3. The average molecular weight is 329 g/mol. The number of anilines is 1. The molecule has 0 saturated heterocycles. The molecule has 1 atom stereocenters. The van der Waals surface area contributed by atoms with Gasteiger partial charge in [-0.05, 0) is 31.2 Å². The number of hydrogen-bond acceptors (Lipinski definition) is 5. The van der Waals surface area contributed by atoms with Crippen LogP contribution in [0.1, 0.15) is 17.3 Å². The lowest BCUT2D eigenvalue weighted by Gasteiger charge is -2.16. The molecule has 0 aliphatic carbocycles. The lowest BCUT2D eigenvalue weighted by atomic mass is 10.2. The fourth-order valence-corrected chi connectivity index (χ4v) is 2.00. The molecular weight excluding hydrogens is 310 g/mol. The highest BCUT2D eigenvalue weighted by molar-refractivity contribution is 5.98. The first-order chi connectivity index (χ1) is 11.5. The van der Waals surface area contributed by atoms with Crippen LogP contribution in [0.2, 0.25) is 0 Å². The van der Waals surface area contributed by atoms with Crippen LogP contribution in [0.5, 0.6) is 11.5 Å². The zero-order chi connectivity index (χ0) is 17.5. The van der Waals surface area contributed by atoms with E-state index < -0.39 is 18.0 Å². The largest absolute Gasteiger partial charge is 0.497 e. The zero-order valence-corrected chi connectivity index (χ0v) is 13.7.